The number of piperidine rings is 1. The van der Waals surface area contributed by atoms with Crippen LogP contribution in [-0.4, -0.2) is 54.4 Å². The van der Waals surface area contributed by atoms with Gasteiger partial charge in [-0.05, 0) is 33.6 Å². The number of hydrogen-bond acceptors (Lipinski definition) is 5. The summed E-state index contributed by atoms with van der Waals surface area (Å²) in [6, 6.07) is 0.226. The Morgan fingerprint density at radius 1 is 1.46 bits per heavy atom. The second-order valence-corrected chi connectivity index (χ2v) is 6.47. The number of hydrogen-bond donors (Lipinski definition) is 2. The summed E-state index contributed by atoms with van der Waals surface area (Å²) in [5.41, 5.74) is 8.02. The second kappa shape index (κ2) is 10.6. The fourth-order valence-electron chi connectivity index (χ4n) is 3.20. The van der Waals surface area contributed by atoms with E-state index in [-0.39, 0.29) is 42.0 Å². The zero-order valence-electron chi connectivity index (χ0n) is 15.9. The Kier molecular flexibility index (Phi) is 9.17. The molecule has 1 unspecified atom stereocenters. The standard InChI is InChI=1S/C17H29N5O3.HI/c1-5-24-17(23)22-8-6-14(7-9-22)20-16(18)19-10-11(2)15-12(3)21-25-13(15)4;/h11,14H,5-10H2,1-4H3,(H3,18,19,20);1H. The van der Waals surface area contributed by atoms with E-state index in [1.54, 1.807) is 4.90 Å². The number of carbonyl (C=O) groups is 1. The smallest absolute Gasteiger partial charge is 0.409 e. The molecule has 2 rings (SSSR count). The van der Waals surface area contributed by atoms with Gasteiger partial charge >= 0.3 is 6.09 Å². The van der Waals surface area contributed by atoms with Crippen molar-refractivity contribution in [2.75, 3.05) is 26.2 Å². The highest BCUT2D eigenvalue weighted by molar-refractivity contribution is 14.0. The molecule has 0 radical (unpaired) electrons. The number of aliphatic imine (C=N–C) groups is 1. The van der Waals surface area contributed by atoms with Crippen molar-refractivity contribution >= 4 is 36.0 Å². The molecule has 1 amide bonds. The zero-order valence-corrected chi connectivity index (χ0v) is 18.3. The van der Waals surface area contributed by atoms with Gasteiger partial charge in [0, 0.05) is 37.2 Å². The third kappa shape index (κ3) is 6.03. The molecule has 0 aromatic carbocycles. The lowest BCUT2D eigenvalue weighted by molar-refractivity contribution is 0.0963. The Balaban J connectivity index is 0.00000338. The average Bonchev–Trinajstić information content (AvgIpc) is 2.92. The number of halogens is 1. The molecule has 148 valence electrons. The van der Waals surface area contributed by atoms with Gasteiger partial charge in [0.05, 0.1) is 12.3 Å². The average molecular weight is 479 g/mol. The molecule has 26 heavy (non-hydrogen) atoms. The van der Waals surface area contributed by atoms with Crippen molar-refractivity contribution in [3.63, 3.8) is 0 Å². The molecule has 1 aromatic heterocycles. The van der Waals surface area contributed by atoms with Crippen LogP contribution in [0.4, 0.5) is 4.79 Å². The molecule has 3 N–H and O–H groups in total. The summed E-state index contributed by atoms with van der Waals surface area (Å²) < 4.78 is 10.2. The fraction of sp³-hybridized carbons (Fsp3) is 0.706. The number of aryl methyl sites for hydroxylation is 2. The third-order valence-corrected chi connectivity index (χ3v) is 4.49. The highest BCUT2D eigenvalue weighted by Gasteiger charge is 2.23. The van der Waals surface area contributed by atoms with Crippen molar-refractivity contribution in [1.29, 1.82) is 0 Å². The normalized spacial score (nSPS) is 16.8. The summed E-state index contributed by atoms with van der Waals surface area (Å²) in [6.45, 7) is 10.1. The van der Waals surface area contributed by atoms with Crippen molar-refractivity contribution in [2.24, 2.45) is 10.7 Å². The molecule has 9 heteroatoms. The van der Waals surface area contributed by atoms with Gasteiger partial charge in [0.15, 0.2) is 5.96 Å². The largest absolute Gasteiger partial charge is 0.450 e. The summed E-state index contributed by atoms with van der Waals surface area (Å²) in [5, 5.41) is 7.23. The Morgan fingerprint density at radius 3 is 2.65 bits per heavy atom. The van der Waals surface area contributed by atoms with Crippen LogP contribution in [0.1, 0.15) is 49.6 Å². The van der Waals surface area contributed by atoms with E-state index in [0.29, 0.717) is 32.2 Å². The van der Waals surface area contributed by atoms with Gasteiger partial charge in [0.2, 0.25) is 0 Å². The number of likely N-dealkylation sites (tertiary alicyclic amines) is 1. The second-order valence-electron chi connectivity index (χ2n) is 6.47. The predicted octanol–water partition coefficient (Wildman–Crippen LogP) is 2.54. The number of amides is 1. The quantitative estimate of drug-likeness (QED) is 0.382. The van der Waals surface area contributed by atoms with Crippen molar-refractivity contribution < 1.29 is 14.1 Å². The number of rotatable bonds is 5. The molecule has 1 aliphatic heterocycles. The number of nitrogens with one attached hydrogen (secondary N) is 1. The monoisotopic (exact) mass is 479 g/mol. The van der Waals surface area contributed by atoms with Crippen molar-refractivity contribution in [1.82, 2.24) is 15.4 Å². The van der Waals surface area contributed by atoms with Gasteiger partial charge in [-0.15, -0.1) is 24.0 Å². The first-order valence-corrected chi connectivity index (χ1v) is 8.83. The van der Waals surface area contributed by atoms with Crippen LogP contribution < -0.4 is 11.1 Å². The van der Waals surface area contributed by atoms with Gasteiger partial charge in [-0.1, -0.05) is 12.1 Å². The van der Waals surface area contributed by atoms with Gasteiger partial charge < -0.3 is 25.2 Å². The molecule has 0 aliphatic carbocycles. The Labute approximate surface area is 171 Å². The molecular formula is C17H30IN5O3. The molecule has 1 atom stereocenters. The van der Waals surface area contributed by atoms with E-state index in [0.717, 1.165) is 29.9 Å². The molecule has 1 aromatic rings. The number of carbonyl (C=O) groups excluding carboxylic acids is 1. The molecule has 0 bridgehead atoms. The van der Waals surface area contributed by atoms with E-state index in [4.69, 9.17) is 15.0 Å². The minimum Gasteiger partial charge on any atom is -0.450 e. The minimum atomic E-state index is -0.240. The van der Waals surface area contributed by atoms with E-state index in [9.17, 15) is 4.79 Å². The summed E-state index contributed by atoms with van der Waals surface area (Å²) in [4.78, 5) is 17.9. The van der Waals surface area contributed by atoms with Crippen molar-refractivity contribution in [3.05, 3.63) is 17.0 Å². The van der Waals surface area contributed by atoms with Crippen molar-refractivity contribution in [3.8, 4) is 0 Å². The lowest BCUT2D eigenvalue weighted by atomic mass is 10.00. The van der Waals surface area contributed by atoms with Gasteiger partial charge in [-0.3, -0.25) is 4.99 Å². The van der Waals surface area contributed by atoms with Crippen LogP contribution in [0.25, 0.3) is 0 Å². The highest BCUT2D eigenvalue weighted by atomic mass is 127. The molecule has 0 saturated carbocycles. The molecule has 1 saturated heterocycles. The van der Waals surface area contributed by atoms with Crippen LogP contribution in [-0.2, 0) is 4.74 Å². The van der Waals surface area contributed by atoms with Gasteiger partial charge in [0.1, 0.15) is 5.76 Å². The highest BCUT2D eigenvalue weighted by Crippen LogP contribution is 2.23. The number of ether oxygens (including phenoxy) is 1. The molecule has 1 fully saturated rings. The van der Waals surface area contributed by atoms with Crippen molar-refractivity contribution in [2.45, 2.75) is 52.5 Å². The summed E-state index contributed by atoms with van der Waals surface area (Å²) in [6.07, 6.45) is 1.42. The van der Waals surface area contributed by atoms with Crippen LogP contribution in [0.15, 0.2) is 9.52 Å². The summed E-state index contributed by atoms with van der Waals surface area (Å²) in [5.74, 6) is 1.46. The summed E-state index contributed by atoms with van der Waals surface area (Å²) >= 11 is 0. The number of nitrogens with zero attached hydrogens (tertiary/aromatic N) is 3. The van der Waals surface area contributed by atoms with Crippen LogP contribution in [0.3, 0.4) is 0 Å². The fourth-order valence-corrected chi connectivity index (χ4v) is 3.20. The molecule has 2 heterocycles. The van der Waals surface area contributed by atoms with Gasteiger partial charge in [-0.2, -0.15) is 0 Å². The Bertz CT molecular complexity index is 592. The zero-order chi connectivity index (χ0) is 18.4. The van der Waals surface area contributed by atoms with Crippen LogP contribution >= 0.6 is 24.0 Å². The maximum Gasteiger partial charge on any atom is 0.409 e. The van der Waals surface area contributed by atoms with E-state index in [1.165, 1.54) is 0 Å². The van der Waals surface area contributed by atoms with Gasteiger partial charge in [-0.25, -0.2) is 4.79 Å². The molecule has 0 spiro atoms. The van der Waals surface area contributed by atoms with Gasteiger partial charge in [0.25, 0.3) is 0 Å². The topological polar surface area (TPSA) is 106 Å². The lowest BCUT2D eigenvalue weighted by Crippen LogP contribution is -2.48. The number of guanidine groups is 1. The first-order chi connectivity index (χ1) is 11.9. The van der Waals surface area contributed by atoms with Crippen LogP contribution in [0, 0.1) is 13.8 Å². The van der Waals surface area contributed by atoms with Crippen LogP contribution in [0.5, 0.6) is 0 Å². The molecule has 1 aliphatic rings. The maximum absolute atomic E-state index is 11.7. The predicted molar refractivity (Wildman–Crippen MR) is 111 cm³/mol. The van der Waals surface area contributed by atoms with E-state index < -0.39 is 0 Å². The van der Waals surface area contributed by atoms with E-state index >= 15 is 0 Å². The SMILES string of the molecule is CCOC(=O)N1CCC(NC(N)=NCC(C)c2c(C)noc2C)CC1.I. The Hall–Kier alpha value is -1.52. The number of nitrogens with two attached hydrogens (primary N) is 1. The Morgan fingerprint density at radius 2 is 2.12 bits per heavy atom. The molecular weight excluding hydrogens is 449 g/mol. The van der Waals surface area contributed by atoms with Crippen LogP contribution in [0.2, 0.25) is 0 Å². The molecule has 8 nitrogen and oxygen atoms in total. The van der Waals surface area contributed by atoms with E-state index in [2.05, 4.69) is 22.4 Å². The summed E-state index contributed by atoms with van der Waals surface area (Å²) in [7, 11) is 0. The number of aromatic nitrogens is 1. The first kappa shape index (κ1) is 22.5. The maximum atomic E-state index is 11.7. The first-order valence-electron chi connectivity index (χ1n) is 8.83. The third-order valence-electron chi connectivity index (χ3n) is 4.49. The van der Waals surface area contributed by atoms with E-state index in [1.807, 2.05) is 20.8 Å². The lowest BCUT2D eigenvalue weighted by Gasteiger charge is -2.31. The minimum absolute atomic E-state index is 0.